The Labute approximate surface area is 117 Å². The zero-order chi connectivity index (χ0) is 14.1. The third-order valence-corrected chi connectivity index (χ3v) is 4.52. The van der Waals surface area contributed by atoms with Gasteiger partial charge < -0.3 is 0 Å². The molecule has 20 heavy (non-hydrogen) atoms. The summed E-state index contributed by atoms with van der Waals surface area (Å²) in [5.74, 6) is -1.00. The van der Waals surface area contributed by atoms with E-state index in [-0.39, 0.29) is 11.4 Å². The van der Waals surface area contributed by atoms with Crippen LogP contribution in [0.5, 0.6) is 0 Å². The Bertz CT molecular complexity index is 527. The second-order valence-electron chi connectivity index (χ2n) is 5.70. The van der Waals surface area contributed by atoms with E-state index in [1.54, 1.807) is 11.5 Å². The summed E-state index contributed by atoms with van der Waals surface area (Å²) in [6.45, 7) is 1.59. The highest BCUT2D eigenvalue weighted by Gasteiger charge is 2.27. The maximum atomic E-state index is 14.1. The highest BCUT2D eigenvalue weighted by molar-refractivity contribution is 5.93. The molecule has 3 rings (SSSR count). The molecule has 1 fully saturated rings. The van der Waals surface area contributed by atoms with Crippen molar-refractivity contribution in [1.29, 1.82) is 0 Å². The predicted octanol–water partition coefficient (Wildman–Crippen LogP) is 2.25. The Kier molecular flexibility index (Phi) is 3.72. The van der Waals surface area contributed by atoms with E-state index in [9.17, 15) is 9.18 Å². The lowest BCUT2D eigenvalue weighted by Gasteiger charge is -2.34. The second-order valence-corrected chi connectivity index (χ2v) is 5.70. The maximum Gasteiger partial charge on any atom is 0.274 e. The molecule has 1 aromatic rings. The lowest BCUT2D eigenvalue weighted by atomic mass is 9.95. The van der Waals surface area contributed by atoms with Crippen LogP contribution in [0.4, 0.5) is 4.39 Å². The van der Waals surface area contributed by atoms with E-state index in [0.29, 0.717) is 24.6 Å². The number of carbonyl (C=O) groups is 1. The Morgan fingerprint density at radius 3 is 2.80 bits per heavy atom. The normalized spacial score (nSPS) is 19.9. The van der Waals surface area contributed by atoms with Crippen molar-refractivity contribution in [3.8, 4) is 0 Å². The van der Waals surface area contributed by atoms with Crippen molar-refractivity contribution in [3.05, 3.63) is 34.6 Å². The average Bonchev–Trinajstić information content (AvgIpc) is 3.00. The van der Waals surface area contributed by atoms with Crippen molar-refractivity contribution >= 4 is 5.91 Å². The molecule has 108 valence electrons. The van der Waals surface area contributed by atoms with Gasteiger partial charge in [0.1, 0.15) is 5.82 Å². The summed E-state index contributed by atoms with van der Waals surface area (Å²) < 4.78 is 14.1. The van der Waals surface area contributed by atoms with Gasteiger partial charge in [0.15, 0.2) is 0 Å². The molecule has 0 spiro atoms. The highest BCUT2D eigenvalue weighted by Crippen LogP contribution is 2.30. The first-order chi connectivity index (χ1) is 9.69. The molecule has 1 aliphatic heterocycles. The molecule has 0 bridgehead atoms. The van der Waals surface area contributed by atoms with Crippen LogP contribution in [0.3, 0.4) is 0 Å². The summed E-state index contributed by atoms with van der Waals surface area (Å²) in [5, 5.41) is 8.68. The van der Waals surface area contributed by atoms with Gasteiger partial charge in [-0.1, -0.05) is 12.8 Å². The number of halogens is 1. The van der Waals surface area contributed by atoms with Gasteiger partial charge in [-0.15, -0.1) is 0 Å². The summed E-state index contributed by atoms with van der Waals surface area (Å²) in [6, 6.07) is 3.50. The van der Waals surface area contributed by atoms with Crippen LogP contribution in [0, 0.1) is 5.82 Å². The Hall–Kier alpha value is -1.46. The fraction of sp³-hybridized carbons (Fsp3) is 0.533. The standard InChI is InChI=1S/C15H19FN2O2/c16-14-8-10(15(19)17-20)7-11-9-18(6-5-13(11)14)12-3-1-2-4-12/h7-8,12,20H,1-6,9H2,(H,17,19). The number of carbonyl (C=O) groups excluding carboxylic acids is 1. The minimum Gasteiger partial charge on any atom is -0.296 e. The van der Waals surface area contributed by atoms with Gasteiger partial charge in [0, 0.05) is 24.7 Å². The van der Waals surface area contributed by atoms with Crippen molar-refractivity contribution in [1.82, 2.24) is 10.4 Å². The van der Waals surface area contributed by atoms with Gasteiger partial charge in [-0.25, -0.2) is 9.87 Å². The second kappa shape index (κ2) is 5.50. The number of fused-ring (bicyclic) bond motifs is 1. The molecule has 0 atom stereocenters. The van der Waals surface area contributed by atoms with Crippen LogP contribution in [-0.4, -0.2) is 28.6 Å². The highest BCUT2D eigenvalue weighted by atomic mass is 19.1. The third-order valence-electron chi connectivity index (χ3n) is 4.52. The largest absolute Gasteiger partial charge is 0.296 e. The minimum atomic E-state index is -0.662. The van der Waals surface area contributed by atoms with Gasteiger partial charge >= 0.3 is 0 Å². The Morgan fingerprint density at radius 2 is 2.10 bits per heavy atom. The van der Waals surface area contributed by atoms with Crippen molar-refractivity contribution in [3.63, 3.8) is 0 Å². The van der Waals surface area contributed by atoms with E-state index in [0.717, 1.165) is 12.1 Å². The first-order valence-corrected chi connectivity index (χ1v) is 7.19. The number of hydrogen-bond donors (Lipinski definition) is 2. The molecule has 4 nitrogen and oxygen atoms in total. The van der Waals surface area contributed by atoms with Crippen molar-refractivity contribution in [2.75, 3.05) is 6.54 Å². The van der Waals surface area contributed by atoms with Crippen LogP contribution in [0.2, 0.25) is 0 Å². The van der Waals surface area contributed by atoms with Crippen molar-refractivity contribution in [2.45, 2.75) is 44.7 Å². The summed E-state index contributed by atoms with van der Waals surface area (Å²) in [7, 11) is 0. The monoisotopic (exact) mass is 278 g/mol. The minimum absolute atomic E-state index is 0.178. The maximum absolute atomic E-state index is 14.1. The smallest absolute Gasteiger partial charge is 0.274 e. The van der Waals surface area contributed by atoms with Gasteiger partial charge in [-0.05, 0) is 42.5 Å². The molecule has 1 aliphatic carbocycles. The number of nitrogens with one attached hydrogen (secondary N) is 1. The zero-order valence-electron chi connectivity index (χ0n) is 11.4. The third kappa shape index (κ3) is 2.43. The zero-order valence-corrected chi connectivity index (χ0v) is 11.4. The van der Waals surface area contributed by atoms with Crippen LogP contribution < -0.4 is 5.48 Å². The van der Waals surface area contributed by atoms with Gasteiger partial charge in [-0.2, -0.15) is 0 Å². The van der Waals surface area contributed by atoms with Crippen molar-refractivity contribution < 1.29 is 14.4 Å². The lowest BCUT2D eigenvalue weighted by Crippen LogP contribution is -2.38. The fourth-order valence-corrected chi connectivity index (χ4v) is 3.44. The van der Waals surface area contributed by atoms with Crippen LogP contribution >= 0.6 is 0 Å². The molecule has 5 heteroatoms. The number of rotatable bonds is 2. The fourth-order valence-electron chi connectivity index (χ4n) is 3.44. The van der Waals surface area contributed by atoms with Crippen LogP contribution in [0.15, 0.2) is 12.1 Å². The molecule has 2 N–H and O–H groups in total. The lowest BCUT2D eigenvalue weighted by molar-refractivity contribution is 0.0705. The van der Waals surface area contributed by atoms with Crippen LogP contribution in [0.1, 0.15) is 47.2 Å². The summed E-state index contributed by atoms with van der Waals surface area (Å²) in [4.78, 5) is 13.8. The number of hydrogen-bond acceptors (Lipinski definition) is 3. The van der Waals surface area contributed by atoms with Crippen LogP contribution in [-0.2, 0) is 13.0 Å². The van der Waals surface area contributed by atoms with Gasteiger partial charge in [0.25, 0.3) is 5.91 Å². The Morgan fingerprint density at radius 1 is 1.35 bits per heavy atom. The number of hydroxylamine groups is 1. The van der Waals surface area contributed by atoms with Gasteiger partial charge in [0.05, 0.1) is 0 Å². The van der Waals surface area contributed by atoms with Gasteiger partial charge in [0.2, 0.25) is 0 Å². The van der Waals surface area contributed by atoms with Crippen LogP contribution in [0.25, 0.3) is 0 Å². The summed E-state index contributed by atoms with van der Waals surface area (Å²) in [6.07, 6.45) is 5.67. The number of amides is 1. The summed E-state index contributed by atoms with van der Waals surface area (Å²) in [5.41, 5.74) is 3.33. The molecule has 0 radical (unpaired) electrons. The van der Waals surface area contributed by atoms with E-state index in [4.69, 9.17) is 5.21 Å². The number of nitrogens with zero attached hydrogens (tertiary/aromatic N) is 1. The Balaban J connectivity index is 1.86. The summed E-state index contributed by atoms with van der Waals surface area (Å²) >= 11 is 0. The van der Waals surface area contributed by atoms with E-state index >= 15 is 0 Å². The molecule has 0 unspecified atom stereocenters. The SMILES string of the molecule is O=C(NO)c1cc(F)c2c(c1)CN(C1CCCC1)CC2. The molecule has 1 heterocycles. The first-order valence-electron chi connectivity index (χ1n) is 7.19. The molecule has 1 saturated carbocycles. The van der Waals surface area contributed by atoms with E-state index in [2.05, 4.69) is 4.90 Å². The molecular formula is C15H19FN2O2. The molecular weight excluding hydrogens is 259 g/mol. The van der Waals surface area contributed by atoms with E-state index in [1.165, 1.54) is 31.7 Å². The quantitative estimate of drug-likeness (QED) is 0.644. The molecule has 2 aliphatic rings. The number of benzene rings is 1. The average molecular weight is 278 g/mol. The molecule has 1 aromatic carbocycles. The van der Waals surface area contributed by atoms with E-state index < -0.39 is 5.91 Å². The molecule has 0 saturated heterocycles. The van der Waals surface area contributed by atoms with E-state index in [1.807, 2.05) is 0 Å². The van der Waals surface area contributed by atoms with Crippen molar-refractivity contribution in [2.24, 2.45) is 0 Å². The molecule has 0 aromatic heterocycles. The predicted molar refractivity (Wildman–Crippen MR) is 72.0 cm³/mol. The topological polar surface area (TPSA) is 52.6 Å². The molecule has 1 amide bonds. The first kappa shape index (κ1) is 13.5. The van der Waals surface area contributed by atoms with Gasteiger partial charge in [-0.3, -0.25) is 14.9 Å².